The van der Waals surface area contributed by atoms with Gasteiger partial charge in [-0.05, 0) is 30.7 Å². The maximum absolute atomic E-state index is 12.1. The fraction of sp³-hybridized carbons (Fsp3) is 0.588. The second-order valence-corrected chi connectivity index (χ2v) is 6.16. The Hall–Kier alpha value is -1.35. The van der Waals surface area contributed by atoms with E-state index in [-0.39, 0.29) is 5.91 Å². The molecule has 0 saturated heterocycles. The van der Waals surface area contributed by atoms with Crippen LogP contribution in [-0.4, -0.2) is 12.5 Å². The van der Waals surface area contributed by atoms with E-state index in [1.165, 1.54) is 31.2 Å². The van der Waals surface area contributed by atoms with E-state index < -0.39 is 6.04 Å². The third kappa shape index (κ3) is 3.83. The van der Waals surface area contributed by atoms with E-state index in [9.17, 15) is 4.79 Å². The molecule has 0 aromatic heterocycles. The lowest BCUT2D eigenvalue weighted by Gasteiger charge is -2.29. The van der Waals surface area contributed by atoms with E-state index in [1.54, 1.807) is 0 Å². The van der Waals surface area contributed by atoms with Crippen molar-refractivity contribution in [3.05, 3.63) is 35.4 Å². The summed E-state index contributed by atoms with van der Waals surface area (Å²) in [5, 5.41) is 3.03. The van der Waals surface area contributed by atoms with E-state index in [0.29, 0.717) is 11.8 Å². The van der Waals surface area contributed by atoms with Crippen LogP contribution in [0.3, 0.4) is 0 Å². The van der Waals surface area contributed by atoms with Crippen molar-refractivity contribution >= 4 is 5.91 Å². The van der Waals surface area contributed by atoms with Crippen molar-refractivity contribution in [3.8, 4) is 0 Å². The van der Waals surface area contributed by atoms with Gasteiger partial charge >= 0.3 is 0 Å². The molecule has 1 amide bonds. The smallest absolute Gasteiger partial charge is 0.241 e. The van der Waals surface area contributed by atoms with Gasteiger partial charge in [0.25, 0.3) is 0 Å². The summed E-state index contributed by atoms with van der Waals surface area (Å²) in [5.74, 6) is 1.25. The number of nitrogens with two attached hydrogens (primary N) is 1. The fourth-order valence-corrected chi connectivity index (χ4v) is 2.96. The molecule has 3 nitrogen and oxygen atoms in total. The van der Waals surface area contributed by atoms with Crippen LogP contribution in [0.1, 0.15) is 49.8 Å². The van der Waals surface area contributed by atoms with Gasteiger partial charge in [-0.15, -0.1) is 0 Å². The van der Waals surface area contributed by atoms with Gasteiger partial charge in [0.05, 0.1) is 0 Å². The van der Waals surface area contributed by atoms with Gasteiger partial charge in [0, 0.05) is 6.54 Å². The van der Waals surface area contributed by atoms with Crippen molar-refractivity contribution in [2.45, 2.75) is 45.6 Å². The molecule has 1 aromatic rings. The Morgan fingerprint density at radius 3 is 2.60 bits per heavy atom. The van der Waals surface area contributed by atoms with Crippen molar-refractivity contribution in [1.29, 1.82) is 0 Å². The number of rotatable bonds is 4. The van der Waals surface area contributed by atoms with Gasteiger partial charge in [0.2, 0.25) is 5.91 Å². The second-order valence-electron chi connectivity index (χ2n) is 6.16. The van der Waals surface area contributed by atoms with Crippen molar-refractivity contribution < 1.29 is 4.79 Å². The summed E-state index contributed by atoms with van der Waals surface area (Å²) in [5.41, 5.74) is 8.08. The van der Waals surface area contributed by atoms with Crippen molar-refractivity contribution in [2.24, 2.45) is 17.6 Å². The highest BCUT2D eigenvalue weighted by Crippen LogP contribution is 2.28. The first-order valence-corrected chi connectivity index (χ1v) is 7.68. The van der Waals surface area contributed by atoms with Gasteiger partial charge < -0.3 is 11.1 Å². The SMILES string of the molecule is Cc1ccc(C(N)C(=O)NCC2CCCCC2C)cc1. The highest BCUT2D eigenvalue weighted by Gasteiger charge is 2.23. The number of amides is 1. The lowest BCUT2D eigenvalue weighted by molar-refractivity contribution is -0.122. The van der Waals surface area contributed by atoms with Crippen LogP contribution in [0.4, 0.5) is 0 Å². The summed E-state index contributed by atoms with van der Waals surface area (Å²) >= 11 is 0. The Balaban J connectivity index is 1.86. The Labute approximate surface area is 121 Å². The van der Waals surface area contributed by atoms with Crippen LogP contribution >= 0.6 is 0 Å². The minimum Gasteiger partial charge on any atom is -0.354 e. The topological polar surface area (TPSA) is 55.1 Å². The van der Waals surface area contributed by atoms with Crippen LogP contribution in [0.5, 0.6) is 0 Å². The second kappa shape index (κ2) is 6.89. The molecule has 3 heteroatoms. The third-order valence-corrected chi connectivity index (χ3v) is 4.55. The van der Waals surface area contributed by atoms with Crippen LogP contribution < -0.4 is 11.1 Å². The quantitative estimate of drug-likeness (QED) is 0.887. The molecule has 1 aliphatic carbocycles. The highest BCUT2D eigenvalue weighted by molar-refractivity contribution is 5.82. The lowest BCUT2D eigenvalue weighted by atomic mass is 9.80. The van der Waals surface area contributed by atoms with Gasteiger partial charge in [-0.3, -0.25) is 4.79 Å². The van der Waals surface area contributed by atoms with Gasteiger partial charge in [-0.1, -0.05) is 56.0 Å². The molecule has 0 heterocycles. The first-order valence-electron chi connectivity index (χ1n) is 7.68. The minimum absolute atomic E-state index is 0.0633. The molecular formula is C17H26N2O. The predicted octanol–water partition coefficient (Wildman–Crippen LogP) is 2.94. The average molecular weight is 274 g/mol. The van der Waals surface area contributed by atoms with Crippen LogP contribution in [0.2, 0.25) is 0 Å². The maximum atomic E-state index is 12.1. The van der Waals surface area contributed by atoms with Crippen LogP contribution in [-0.2, 0) is 4.79 Å². The molecule has 3 unspecified atom stereocenters. The zero-order valence-electron chi connectivity index (χ0n) is 12.6. The zero-order valence-corrected chi connectivity index (χ0v) is 12.6. The number of hydrogen-bond donors (Lipinski definition) is 2. The molecule has 1 saturated carbocycles. The number of aryl methyl sites for hydroxylation is 1. The number of carbonyl (C=O) groups excluding carboxylic acids is 1. The van der Waals surface area contributed by atoms with Gasteiger partial charge in [-0.2, -0.15) is 0 Å². The molecule has 0 aliphatic heterocycles. The van der Waals surface area contributed by atoms with Crippen molar-refractivity contribution in [3.63, 3.8) is 0 Å². The summed E-state index contributed by atoms with van der Waals surface area (Å²) in [7, 11) is 0. The largest absolute Gasteiger partial charge is 0.354 e. The Bertz CT molecular complexity index is 441. The molecule has 0 spiro atoms. The maximum Gasteiger partial charge on any atom is 0.241 e. The summed E-state index contributed by atoms with van der Waals surface area (Å²) in [6.45, 7) is 5.08. The molecule has 2 rings (SSSR count). The molecule has 1 fully saturated rings. The standard InChI is InChI=1S/C17H26N2O/c1-12-7-9-14(10-8-12)16(18)17(20)19-11-15-6-4-3-5-13(15)2/h7-10,13,15-16H,3-6,11,18H2,1-2H3,(H,19,20). The van der Waals surface area contributed by atoms with Gasteiger partial charge in [0.1, 0.15) is 6.04 Å². The monoisotopic (exact) mass is 274 g/mol. The summed E-state index contributed by atoms with van der Waals surface area (Å²) in [6, 6.07) is 7.29. The van der Waals surface area contributed by atoms with Gasteiger partial charge in [-0.25, -0.2) is 0 Å². The van der Waals surface area contributed by atoms with Crippen LogP contribution in [0, 0.1) is 18.8 Å². The highest BCUT2D eigenvalue weighted by atomic mass is 16.2. The van der Waals surface area contributed by atoms with Gasteiger partial charge in [0.15, 0.2) is 0 Å². The molecule has 3 N–H and O–H groups in total. The molecule has 0 bridgehead atoms. The first kappa shape index (κ1) is 15.0. The van der Waals surface area contributed by atoms with E-state index in [0.717, 1.165) is 12.1 Å². The molecular weight excluding hydrogens is 248 g/mol. The fourth-order valence-electron chi connectivity index (χ4n) is 2.96. The van der Waals surface area contributed by atoms with Crippen LogP contribution in [0.15, 0.2) is 24.3 Å². The van der Waals surface area contributed by atoms with E-state index in [4.69, 9.17) is 5.73 Å². The molecule has 1 aliphatic rings. The van der Waals surface area contributed by atoms with Crippen molar-refractivity contribution in [1.82, 2.24) is 5.32 Å². The average Bonchev–Trinajstić information content (AvgIpc) is 2.46. The Morgan fingerprint density at radius 2 is 1.95 bits per heavy atom. The Kier molecular flexibility index (Phi) is 5.18. The predicted molar refractivity (Wildman–Crippen MR) is 82.2 cm³/mol. The number of nitrogens with one attached hydrogen (secondary N) is 1. The normalized spacial score (nSPS) is 24.1. The summed E-state index contributed by atoms with van der Waals surface area (Å²) < 4.78 is 0. The molecule has 0 radical (unpaired) electrons. The van der Waals surface area contributed by atoms with Crippen molar-refractivity contribution in [2.75, 3.05) is 6.54 Å². The van der Waals surface area contributed by atoms with E-state index in [2.05, 4.69) is 12.2 Å². The Morgan fingerprint density at radius 1 is 1.30 bits per heavy atom. The third-order valence-electron chi connectivity index (χ3n) is 4.55. The molecule has 20 heavy (non-hydrogen) atoms. The zero-order chi connectivity index (χ0) is 14.5. The molecule has 1 aromatic carbocycles. The van der Waals surface area contributed by atoms with E-state index in [1.807, 2.05) is 31.2 Å². The molecule has 3 atom stereocenters. The number of hydrogen-bond acceptors (Lipinski definition) is 2. The molecule has 110 valence electrons. The number of benzene rings is 1. The van der Waals surface area contributed by atoms with E-state index >= 15 is 0 Å². The lowest BCUT2D eigenvalue weighted by Crippen LogP contribution is -2.38. The van der Waals surface area contributed by atoms with Crippen LogP contribution in [0.25, 0.3) is 0 Å². The summed E-state index contributed by atoms with van der Waals surface area (Å²) in [4.78, 5) is 12.1. The summed E-state index contributed by atoms with van der Waals surface area (Å²) in [6.07, 6.45) is 5.12. The minimum atomic E-state index is -0.561. The number of carbonyl (C=O) groups is 1. The first-order chi connectivity index (χ1) is 9.58.